The molecule has 0 atom stereocenters. The topological polar surface area (TPSA) is 62.8 Å². The van der Waals surface area contributed by atoms with E-state index in [1.54, 1.807) is 19.1 Å². The van der Waals surface area contributed by atoms with E-state index in [0.29, 0.717) is 10.7 Å². The van der Waals surface area contributed by atoms with E-state index in [2.05, 4.69) is 4.98 Å². The molecule has 0 spiro atoms. The predicted octanol–water partition coefficient (Wildman–Crippen LogP) is 1.33. The molecular weight excluding hydrogens is 162 g/mol. The van der Waals surface area contributed by atoms with Crippen LogP contribution in [0.1, 0.15) is 11.3 Å². The van der Waals surface area contributed by atoms with Gasteiger partial charge in [0.15, 0.2) is 0 Å². The SMILES string of the molecule is Cc1cc(C(=N)N)cc(Cl)n1. The van der Waals surface area contributed by atoms with E-state index in [0.717, 1.165) is 5.69 Å². The Morgan fingerprint density at radius 2 is 2.27 bits per heavy atom. The van der Waals surface area contributed by atoms with Crippen molar-refractivity contribution in [3.8, 4) is 0 Å². The molecule has 1 rings (SSSR count). The molecule has 0 aliphatic carbocycles. The number of rotatable bonds is 1. The van der Waals surface area contributed by atoms with Crippen molar-refractivity contribution in [3.63, 3.8) is 0 Å². The first kappa shape index (κ1) is 8.01. The highest BCUT2D eigenvalue weighted by molar-refractivity contribution is 6.29. The number of nitrogens with zero attached hydrogens (tertiary/aromatic N) is 1. The summed E-state index contributed by atoms with van der Waals surface area (Å²) in [6.07, 6.45) is 0. The quantitative estimate of drug-likeness (QED) is 0.379. The number of aryl methyl sites for hydroxylation is 1. The summed E-state index contributed by atoms with van der Waals surface area (Å²) in [6, 6.07) is 3.28. The number of nitrogen functional groups attached to an aromatic ring is 1. The molecule has 0 unspecified atom stereocenters. The second-order valence-electron chi connectivity index (χ2n) is 2.23. The lowest BCUT2D eigenvalue weighted by molar-refractivity contribution is 1.19. The van der Waals surface area contributed by atoms with Crippen molar-refractivity contribution in [3.05, 3.63) is 28.5 Å². The van der Waals surface area contributed by atoms with E-state index in [-0.39, 0.29) is 5.84 Å². The van der Waals surface area contributed by atoms with Crippen LogP contribution in [0.5, 0.6) is 0 Å². The number of amidine groups is 1. The number of pyridine rings is 1. The van der Waals surface area contributed by atoms with E-state index in [9.17, 15) is 0 Å². The highest BCUT2D eigenvalue weighted by Crippen LogP contribution is 2.09. The Hall–Kier alpha value is -1.09. The normalized spacial score (nSPS) is 9.64. The fourth-order valence-corrected chi connectivity index (χ4v) is 1.03. The van der Waals surface area contributed by atoms with Gasteiger partial charge in [0, 0.05) is 11.3 Å². The van der Waals surface area contributed by atoms with Crippen LogP contribution in [-0.4, -0.2) is 10.8 Å². The standard InChI is InChI=1S/C7H8ClN3/c1-4-2-5(7(9)10)3-6(8)11-4/h2-3H,1H3,(H3,9,10). The first-order valence-corrected chi connectivity index (χ1v) is 3.46. The minimum Gasteiger partial charge on any atom is -0.384 e. The smallest absolute Gasteiger partial charge is 0.130 e. The number of hydrogen-bond acceptors (Lipinski definition) is 2. The minimum atomic E-state index is 0.0115. The maximum atomic E-state index is 7.12. The van der Waals surface area contributed by atoms with Crippen molar-refractivity contribution in [2.24, 2.45) is 5.73 Å². The molecule has 0 aliphatic heterocycles. The van der Waals surface area contributed by atoms with E-state index >= 15 is 0 Å². The Morgan fingerprint density at radius 3 is 2.73 bits per heavy atom. The Kier molecular flexibility index (Phi) is 2.10. The maximum Gasteiger partial charge on any atom is 0.130 e. The van der Waals surface area contributed by atoms with Crippen molar-refractivity contribution in [2.75, 3.05) is 0 Å². The third-order valence-corrected chi connectivity index (χ3v) is 1.43. The zero-order valence-corrected chi connectivity index (χ0v) is 6.81. The van der Waals surface area contributed by atoms with Gasteiger partial charge in [0.1, 0.15) is 11.0 Å². The third kappa shape index (κ3) is 1.91. The summed E-state index contributed by atoms with van der Waals surface area (Å²) in [6.45, 7) is 1.80. The molecule has 0 saturated carbocycles. The molecule has 0 aromatic carbocycles. The van der Waals surface area contributed by atoms with Crippen LogP contribution in [-0.2, 0) is 0 Å². The summed E-state index contributed by atoms with van der Waals surface area (Å²) in [4.78, 5) is 3.93. The average molecular weight is 170 g/mol. The van der Waals surface area contributed by atoms with E-state index in [4.69, 9.17) is 22.7 Å². The van der Waals surface area contributed by atoms with Crippen LogP contribution >= 0.6 is 11.6 Å². The number of nitrogens with two attached hydrogens (primary N) is 1. The molecule has 4 heteroatoms. The van der Waals surface area contributed by atoms with E-state index in [1.165, 1.54) is 0 Å². The van der Waals surface area contributed by atoms with Crippen molar-refractivity contribution in [1.82, 2.24) is 4.98 Å². The highest BCUT2D eigenvalue weighted by Gasteiger charge is 1.99. The van der Waals surface area contributed by atoms with E-state index < -0.39 is 0 Å². The fourth-order valence-electron chi connectivity index (χ4n) is 0.784. The van der Waals surface area contributed by atoms with Crippen LogP contribution in [0.2, 0.25) is 5.15 Å². The predicted molar refractivity (Wildman–Crippen MR) is 45.0 cm³/mol. The molecule has 0 bridgehead atoms. The zero-order chi connectivity index (χ0) is 8.43. The number of hydrogen-bond donors (Lipinski definition) is 2. The fraction of sp³-hybridized carbons (Fsp3) is 0.143. The molecule has 1 aromatic rings. The van der Waals surface area contributed by atoms with Gasteiger partial charge in [-0.15, -0.1) is 0 Å². The third-order valence-electron chi connectivity index (χ3n) is 1.23. The van der Waals surface area contributed by atoms with Gasteiger partial charge < -0.3 is 5.73 Å². The molecule has 0 fully saturated rings. The van der Waals surface area contributed by atoms with Gasteiger partial charge >= 0.3 is 0 Å². The summed E-state index contributed by atoms with van der Waals surface area (Å²) >= 11 is 5.63. The molecule has 3 nitrogen and oxygen atoms in total. The lowest BCUT2D eigenvalue weighted by Gasteiger charge is -1.99. The molecule has 3 N–H and O–H groups in total. The molecule has 58 valence electrons. The summed E-state index contributed by atoms with van der Waals surface area (Å²) in [7, 11) is 0. The Balaban J connectivity index is 3.19. The van der Waals surface area contributed by atoms with E-state index in [1.807, 2.05) is 0 Å². The second-order valence-corrected chi connectivity index (χ2v) is 2.62. The lowest BCUT2D eigenvalue weighted by Crippen LogP contribution is -2.11. The van der Waals surface area contributed by atoms with Crippen molar-refractivity contribution < 1.29 is 0 Å². The zero-order valence-electron chi connectivity index (χ0n) is 6.06. The van der Waals surface area contributed by atoms with Crippen molar-refractivity contribution in [2.45, 2.75) is 6.92 Å². The van der Waals surface area contributed by atoms with Crippen LogP contribution in [0.25, 0.3) is 0 Å². The van der Waals surface area contributed by atoms with Gasteiger partial charge in [0.2, 0.25) is 0 Å². The van der Waals surface area contributed by atoms with Gasteiger partial charge in [-0.05, 0) is 19.1 Å². The molecular formula is C7H8ClN3. The first-order valence-electron chi connectivity index (χ1n) is 3.08. The molecule has 0 aliphatic rings. The van der Waals surface area contributed by atoms with Crippen LogP contribution < -0.4 is 5.73 Å². The van der Waals surface area contributed by atoms with Gasteiger partial charge in [-0.3, -0.25) is 5.41 Å². The first-order chi connectivity index (χ1) is 5.09. The number of aromatic nitrogens is 1. The summed E-state index contributed by atoms with van der Waals surface area (Å²) in [5.41, 5.74) is 6.63. The van der Waals surface area contributed by atoms with Crippen LogP contribution in [0.4, 0.5) is 0 Å². The number of nitrogens with one attached hydrogen (secondary N) is 1. The average Bonchev–Trinajstić information content (AvgIpc) is 1.85. The van der Waals surface area contributed by atoms with Crippen LogP contribution in [0.3, 0.4) is 0 Å². The molecule has 11 heavy (non-hydrogen) atoms. The van der Waals surface area contributed by atoms with Crippen LogP contribution in [0.15, 0.2) is 12.1 Å². The molecule has 0 saturated heterocycles. The number of halogens is 1. The maximum absolute atomic E-state index is 7.12. The summed E-state index contributed by atoms with van der Waals surface area (Å²) < 4.78 is 0. The monoisotopic (exact) mass is 169 g/mol. The Morgan fingerprint density at radius 1 is 1.64 bits per heavy atom. The van der Waals surface area contributed by atoms with Crippen LogP contribution in [0, 0.1) is 12.3 Å². The Labute approximate surface area is 69.7 Å². The highest BCUT2D eigenvalue weighted by atomic mass is 35.5. The minimum absolute atomic E-state index is 0.0115. The van der Waals surface area contributed by atoms with Gasteiger partial charge in [-0.2, -0.15) is 0 Å². The van der Waals surface area contributed by atoms with Crippen molar-refractivity contribution in [1.29, 1.82) is 5.41 Å². The lowest BCUT2D eigenvalue weighted by atomic mass is 10.2. The molecule has 0 amide bonds. The summed E-state index contributed by atoms with van der Waals surface area (Å²) in [5, 5.41) is 7.49. The summed E-state index contributed by atoms with van der Waals surface area (Å²) in [5.74, 6) is 0.0115. The van der Waals surface area contributed by atoms with Gasteiger partial charge in [-0.25, -0.2) is 4.98 Å². The largest absolute Gasteiger partial charge is 0.384 e. The van der Waals surface area contributed by atoms with Gasteiger partial charge in [0.25, 0.3) is 0 Å². The van der Waals surface area contributed by atoms with Crippen molar-refractivity contribution >= 4 is 17.4 Å². The Bertz CT molecular complexity index is 275. The molecule has 1 heterocycles. The molecule has 1 aromatic heterocycles. The van der Waals surface area contributed by atoms with Gasteiger partial charge in [-0.1, -0.05) is 11.6 Å². The second kappa shape index (κ2) is 2.88. The van der Waals surface area contributed by atoms with Gasteiger partial charge in [0.05, 0.1) is 0 Å². The molecule has 0 radical (unpaired) electrons.